The second-order valence-corrected chi connectivity index (χ2v) is 16.8. The topological polar surface area (TPSA) is 112 Å². The maximum atomic E-state index is 17.4. The molecule has 0 radical (unpaired) electrons. The lowest BCUT2D eigenvalue weighted by atomic mass is 9.95. The number of anilines is 1. The number of nitrogens with zero attached hydrogens (tertiary/aromatic N) is 6. The summed E-state index contributed by atoms with van der Waals surface area (Å²) in [5.74, 6) is 0.518. The Kier molecular flexibility index (Phi) is 8.54. The maximum absolute atomic E-state index is 17.4. The number of rotatable bonds is 8. The van der Waals surface area contributed by atoms with Crippen molar-refractivity contribution >= 4 is 34.4 Å². The van der Waals surface area contributed by atoms with Crippen LogP contribution in [-0.4, -0.2) is 113 Å². The Bertz CT molecular complexity index is 1960. The van der Waals surface area contributed by atoms with Crippen LogP contribution in [0.2, 0.25) is 5.02 Å². The van der Waals surface area contributed by atoms with Gasteiger partial charge in [0, 0.05) is 37.2 Å². The lowest BCUT2D eigenvalue weighted by Crippen LogP contribution is -2.63. The highest BCUT2D eigenvalue weighted by Crippen LogP contribution is 2.51. The third kappa shape index (κ3) is 6.08. The van der Waals surface area contributed by atoms with Gasteiger partial charge in [-0.3, -0.25) is 9.80 Å². The molecule has 7 heterocycles. The smallest absolute Gasteiger partial charge is 0.410 e. The second kappa shape index (κ2) is 12.9. The number of carbonyl (C=O) groups is 1. The number of alkyl halides is 1. The number of fused-ring (bicyclic) bond motifs is 6. The van der Waals surface area contributed by atoms with Crippen molar-refractivity contribution in [2.24, 2.45) is 0 Å². The summed E-state index contributed by atoms with van der Waals surface area (Å²) in [6.45, 7) is 7.52. The molecule has 3 aromatic rings. The van der Waals surface area contributed by atoms with Crippen molar-refractivity contribution in [3.05, 3.63) is 28.5 Å². The first-order valence-electron chi connectivity index (χ1n) is 18.7. The number of hydrogen-bond acceptors (Lipinski definition) is 11. The molecule has 53 heavy (non-hydrogen) atoms. The van der Waals surface area contributed by atoms with Crippen molar-refractivity contribution in [2.45, 2.75) is 107 Å². The average Bonchev–Trinajstić information content (AvgIpc) is 3.72. The maximum Gasteiger partial charge on any atom is 0.410 e. The predicted octanol–water partition coefficient (Wildman–Crippen LogP) is 6.65. The number of hydrogen-bond donors (Lipinski definition) is 0. The molecule has 0 unspecified atom stereocenters. The van der Waals surface area contributed by atoms with Crippen LogP contribution in [-0.2, 0) is 9.47 Å². The van der Waals surface area contributed by atoms with Crippen molar-refractivity contribution in [3.63, 3.8) is 0 Å². The van der Waals surface area contributed by atoms with Gasteiger partial charge in [-0.05, 0) is 89.5 Å². The zero-order chi connectivity index (χ0) is 36.8. The molecule has 1 amide bonds. The summed E-state index contributed by atoms with van der Waals surface area (Å²) < 4.78 is 61.7. The van der Waals surface area contributed by atoms with E-state index in [-0.39, 0.29) is 73.2 Å². The van der Waals surface area contributed by atoms with Gasteiger partial charge in [0.05, 0.1) is 23.7 Å². The fraction of sp³-hybridized carbons (Fsp3) is 0.632. The van der Waals surface area contributed by atoms with Crippen molar-refractivity contribution in [3.8, 4) is 28.9 Å². The molecule has 5 atom stereocenters. The first kappa shape index (κ1) is 35.0. The van der Waals surface area contributed by atoms with Crippen LogP contribution < -0.4 is 19.1 Å². The van der Waals surface area contributed by atoms with Gasteiger partial charge in [-0.15, -0.1) is 0 Å². The minimum absolute atomic E-state index is 0.00164. The molecule has 1 aliphatic carbocycles. The van der Waals surface area contributed by atoms with Crippen molar-refractivity contribution in [1.82, 2.24) is 24.8 Å². The zero-order valence-corrected chi connectivity index (χ0v) is 31.3. The van der Waals surface area contributed by atoms with Crippen LogP contribution in [0.1, 0.15) is 77.2 Å². The highest BCUT2D eigenvalue weighted by atomic mass is 35.5. The van der Waals surface area contributed by atoms with E-state index in [9.17, 15) is 9.18 Å². The minimum atomic E-state index is -0.930. The molecule has 5 fully saturated rings. The van der Waals surface area contributed by atoms with E-state index in [1.807, 2.05) is 25.7 Å². The number of benzene rings is 1. The zero-order valence-electron chi connectivity index (χ0n) is 30.5. The van der Waals surface area contributed by atoms with Gasteiger partial charge in [0.15, 0.2) is 12.6 Å². The predicted molar refractivity (Wildman–Crippen MR) is 192 cm³/mol. The van der Waals surface area contributed by atoms with E-state index in [1.54, 1.807) is 12.1 Å². The Morgan fingerprint density at radius 3 is 2.70 bits per heavy atom. The molecule has 4 saturated heterocycles. The van der Waals surface area contributed by atoms with Gasteiger partial charge in [0.1, 0.15) is 53.2 Å². The molecule has 2 aromatic heterocycles. The fourth-order valence-electron chi connectivity index (χ4n) is 9.34. The van der Waals surface area contributed by atoms with Crippen LogP contribution in [0.4, 0.5) is 19.4 Å². The molecule has 0 spiro atoms. The Balaban J connectivity index is 1.17. The monoisotopic (exact) mass is 754 g/mol. The summed E-state index contributed by atoms with van der Waals surface area (Å²) in [6, 6.07) is 2.73. The fourth-order valence-corrected chi connectivity index (χ4v) is 9.70. The summed E-state index contributed by atoms with van der Waals surface area (Å²) in [5.41, 5.74) is 0.204. The largest absolute Gasteiger partial charge is 0.475 e. The molecule has 0 N–H and O–H groups in total. The van der Waals surface area contributed by atoms with E-state index in [4.69, 9.17) is 50.2 Å². The van der Waals surface area contributed by atoms with Gasteiger partial charge in [-0.1, -0.05) is 11.6 Å². The Hall–Kier alpha value is -3.75. The lowest BCUT2D eigenvalue weighted by Gasteiger charge is -2.46. The van der Waals surface area contributed by atoms with Crippen molar-refractivity contribution in [1.29, 1.82) is 0 Å². The van der Waals surface area contributed by atoms with Crippen LogP contribution in [0, 0.1) is 5.82 Å². The number of halogens is 3. The Morgan fingerprint density at radius 1 is 1.09 bits per heavy atom. The number of aromatic nitrogens is 3. The molecule has 9 rings (SSSR count). The number of ether oxygens (including phenoxy) is 5. The SMILES string of the molecule is COCOc1cc(Cl)c(C2CC2)c(-c2nc3c4c(nc(OC[C@@]56CCCN5C[C@H](F)C6)nc4c2F)N2C[C@H]4CC[C@@H]([C@H]2CO3)N4C(=O)OC(C)(C)C)c1. The van der Waals surface area contributed by atoms with Gasteiger partial charge >= 0.3 is 12.1 Å². The highest BCUT2D eigenvalue weighted by Gasteiger charge is 2.53. The Labute approximate surface area is 312 Å². The van der Waals surface area contributed by atoms with Gasteiger partial charge in [0.25, 0.3) is 0 Å². The molecule has 1 aromatic carbocycles. The molecule has 5 aliphatic heterocycles. The molecule has 2 bridgehead atoms. The van der Waals surface area contributed by atoms with Crippen LogP contribution in [0.3, 0.4) is 0 Å². The molecule has 284 valence electrons. The molecular formula is C38H45ClF2N6O6. The first-order valence-corrected chi connectivity index (χ1v) is 19.1. The summed E-state index contributed by atoms with van der Waals surface area (Å²) in [7, 11) is 1.52. The van der Waals surface area contributed by atoms with Gasteiger partial charge < -0.3 is 28.6 Å². The molecule has 12 nitrogen and oxygen atoms in total. The van der Waals surface area contributed by atoms with Crippen LogP contribution >= 0.6 is 11.6 Å². The summed E-state index contributed by atoms with van der Waals surface area (Å²) in [6.07, 6.45) is 4.20. The van der Waals surface area contributed by atoms with E-state index < -0.39 is 23.1 Å². The Morgan fingerprint density at radius 2 is 1.92 bits per heavy atom. The standard InChI is InChI=1S/C38H45ClF2N6O6/c1-37(2,3)53-36(48)47-22-8-9-26(47)27-17-50-34-29-32(30(41)31(42-34)24-12-23(52-19-49-4)13-25(39)28(24)20-6-7-20)43-35(44-33(29)46(27)16-22)51-18-38-10-5-11-45(38)15-21(40)14-38/h12-13,20-22,26-27H,5-11,14-19H2,1-4H3/t21-,22-,26+,27-,38+/m1/s1. The van der Waals surface area contributed by atoms with Crippen LogP contribution in [0.5, 0.6) is 17.6 Å². The van der Waals surface area contributed by atoms with E-state index in [2.05, 4.69) is 9.80 Å². The van der Waals surface area contributed by atoms with Gasteiger partial charge in [-0.2, -0.15) is 9.97 Å². The third-order valence-electron chi connectivity index (χ3n) is 11.7. The quantitative estimate of drug-likeness (QED) is 0.231. The van der Waals surface area contributed by atoms with Gasteiger partial charge in [-0.25, -0.2) is 18.6 Å². The summed E-state index contributed by atoms with van der Waals surface area (Å²) in [5, 5.41) is 0.789. The highest BCUT2D eigenvalue weighted by molar-refractivity contribution is 6.32. The van der Waals surface area contributed by atoms with Gasteiger partial charge in [0.2, 0.25) is 5.88 Å². The van der Waals surface area contributed by atoms with E-state index in [0.29, 0.717) is 47.1 Å². The molecule has 1 saturated carbocycles. The second-order valence-electron chi connectivity index (χ2n) is 16.4. The number of amides is 1. The van der Waals surface area contributed by atoms with Crippen LogP contribution in [0.15, 0.2) is 12.1 Å². The third-order valence-corrected chi connectivity index (χ3v) is 12.0. The first-order chi connectivity index (χ1) is 25.4. The molecule has 15 heteroatoms. The molecular weight excluding hydrogens is 710 g/mol. The van der Waals surface area contributed by atoms with Crippen molar-refractivity contribution < 1.29 is 37.3 Å². The van der Waals surface area contributed by atoms with E-state index in [0.717, 1.165) is 50.6 Å². The van der Waals surface area contributed by atoms with E-state index >= 15 is 4.39 Å². The summed E-state index contributed by atoms with van der Waals surface area (Å²) in [4.78, 5) is 34.2. The van der Waals surface area contributed by atoms with E-state index in [1.165, 1.54) is 7.11 Å². The molecule has 6 aliphatic rings. The van der Waals surface area contributed by atoms with Crippen molar-refractivity contribution in [2.75, 3.05) is 51.7 Å². The average molecular weight is 755 g/mol. The number of carbonyl (C=O) groups excluding carboxylic acids is 1. The number of piperazine rings is 1. The normalized spacial score (nSPS) is 27.8. The minimum Gasteiger partial charge on any atom is -0.475 e. The summed E-state index contributed by atoms with van der Waals surface area (Å²) >= 11 is 6.86. The van der Waals surface area contributed by atoms with Crippen LogP contribution in [0.25, 0.3) is 22.2 Å². The number of methoxy groups -OCH3 is 1. The lowest BCUT2D eigenvalue weighted by molar-refractivity contribution is 0.00537. The number of pyridine rings is 1.